The number of hydrogen-bond acceptors (Lipinski definition) is 4. The predicted octanol–water partition coefficient (Wildman–Crippen LogP) is 2.85. The fourth-order valence-electron chi connectivity index (χ4n) is 1.65. The minimum absolute atomic E-state index is 0.0770. The first-order chi connectivity index (χ1) is 9.45. The summed E-state index contributed by atoms with van der Waals surface area (Å²) >= 11 is 1.16. The zero-order valence-electron chi connectivity index (χ0n) is 11.4. The first kappa shape index (κ1) is 16.0. The Labute approximate surface area is 121 Å². The summed E-state index contributed by atoms with van der Waals surface area (Å²) in [5.74, 6) is -0.810. The van der Waals surface area contributed by atoms with E-state index in [2.05, 4.69) is 5.32 Å². The molecule has 0 atom stereocenters. The van der Waals surface area contributed by atoms with Crippen LogP contribution in [0.1, 0.15) is 30.6 Å². The molecule has 2 N–H and O–H groups in total. The zero-order chi connectivity index (χ0) is 15.1. The average Bonchev–Trinajstić information content (AvgIpc) is 2.82. The Kier molecular flexibility index (Phi) is 6.00. The van der Waals surface area contributed by atoms with Crippen LogP contribution in [0.5, 0.6) is 0 Å². The molecule has 0 radical (unpaired) electrons. The van der Waals surface area contributed by atoms with E-state index in [1.807, 2.05) is 19.9 Å². The van der Waals surface area contributed by atoms with Crippen molar-refractivity contribution in [2.75, 3.05) is 18.4 Å². The minimum Gasteiger partial charge on any atom is -0.478 e. The van der Waals surface area contributed by atoms with Gasteiger partial charge in [-0.2, -0.15) is 5.26 Å². The van der Waals surface area contributed by atoms with Crippen LogP contribution in [0.3, 0.4) is 0 Å². The first-order valence-electron chi connectivity index (χ1n) is 6.19. The molecule has 2 amide bonds. The quantitative estimate of drug-likeness (QED) is 0.843. The van der Waals surface area contributed by atoms with Crippen LogP contribution in [0.2, 0.25) is 0 Å². The predicted molar refractivity (Wildman–Crippen MR) is 76.9 cm³/mol. The van der Waals surface area contributed by atoms with E-state index in [0.29, 0.717) is 18.1 Å². The molecule has 20 heavy (non-hydrogen) atoms. The molecule has 0 aliphatic carbocycles. The number of nitriles is 1. The van der Waals surface area contributed by atoms with E-state index in [9.17, 15) is 9.59 Å². The highest BCUT2D eigenvalue weighted by atomic mass is 32.1. The van der Waals surface area contributed by atoms with Gasteiger partial charge in [-0.25, -0.2) is 9.59 Å². The minimum atomic E-state index is -1.08. The molecule has 0 aliphatic heterocycles. The molecule has 0 spiro atoms. The van der Waals surface area contributed by atoms with E-state index in [1.54, 1.807) is 5.38 Å². The maximum absolute atomic E-state index is 12.1. The third-order valence-corrected chi connectivity index (χ3v) is 3.31. The number of carboxylic acids is 1. The van der Waals surface area contributed by atoms with Gasteiger partial charge in [-0.1, -0.05) is 13.8 Å². The van der Waals surface area contributed by atoms with E-state index < -0.39 is 5.97 Å². The summed E-state index contributed by atoms with van der Waals surface area (Å²) in [7, 11) is 0. The van der Waals surface area contributed by atoms with Gasteiger partial charge in [0.15, 0.2) is 0 Å². The number of thiophene rings is 1. The van der Waals surface area contributed by atoms with Gasteiger partial charge in [0.2, 0.25) is 0 Å². The molecule has 0 saturated carbocycles. The standard InChI is InChI=1S/C13H17N3O3S/c1-9(2)8-16(6-3-5-14)13(19)15-11-10(12(17)18)4-7-20-11/h4,7,9H,3,6,8H2,1-2H3,(H,15,19)(H,17,18). The van der Waals surface area contributed by atoms with E-state index >= 15 is 0 Å². The molecule has 1 aromatic heterocycles. The van der Waals surface area contributed by atoms with Crippen molar-refractivity contribution in [1.82, 2.24) is 4.90 Å². The molecule has 1 rings (SSSR count). The van der Waals surface area contributed by atoms with Crippen molar-refractivity contribution < 1.29 is 14.7 Å². The molecular formula is C13H17N3O3S. The molecule has 0 aliphatic rings. The molecule has 6 nitrogen and oxygen atoms in total. The molecule has 0 saturated heterocycles. The maximum atomic E-state index is 12.1. The molecule has 0 aromatic carbocycles. The van der Waals surface area contributed by atoms with Crippen molar-refractivity contribution in [3.05, 3.63) is 17.0 Å². The van der Waals surface area contributed by atoms with Gasteiger partial charge in [-0.3, -0.25) is 5.32 Å². The molecule has 7 heteroatoms. The van der Waals surface area contributed by atoms with Crippen LogP contribution >= 0.6 is 11.3 Å². The van der Waals surface area contributed by atoms with E-state index in [-0.39, 0.29) is 23.9 Å². The summed E-state index contributed by atoms with van der Waals surface area (Å²) < 4.78 is 0. The van der Waals surface area contributed by atoms with Gasteiger partial charge in [0, 0.05) is 13.1 Å². The number of carbonyl (C=O) groups is 2. The Morgan fingerprint density at radius 2 is 2.25 bits per heavy atom. The van der Waals surface area contributed by atoms with Crippen LogP contribution in [-0.4, -0.2) is 35.1 Å². The SMILES string of the molecule is CC(C)CN(CCC#N)C(=O)Nc1sccc1C(=O)O. The first-order valence-corrected chi connectivity index (χ1v) is 7.07. The Hall–Kier alpha value is -2.07. The van der Waals surface area contributed by atoms with Crippen LogP contribution in [0, 0.1) is 17.2 Å². The van der Waals surface area contributed by atoms with Gasteiger partial charge in [-0.05, 0) is 17.4 Å². The number of amides is 2. The Bertz CT molecular complexity index is 519. The lowest BCUT2D eigenvalue weighted by Crippen LogP contribution is -2.38. The molecule has 1 heterocycles. The second-order valence-corrected chi connectivity index (χ2v) is 5.56. The van der Waals surface area contributed by atoms with Crippen molar-refractivity contribution in [3.8, 4) is 6.07 Å². The second kappa shape index (κ2) is 7.50. The number of carbonyl (C=O) groups excluding carboxylic acids is 1. The van der Waals surface area contributed by atoms with Crippen LogP contribution < -0.4 is 5.32 Å². The number of rotatable bonds is 6. The number of urea groups is 1. The third kappa shape index (κ3) is 4.55. The van der Waals surface area contributed by atoms with Crippen LogP contribution in [0.4, 0.5) is 9.80 Å². The molecule has 108 valence electrons. The number of nitrogens with zero attached hydrogens (tertiary/aromatic N) is 2. The Balaban J connectivity index is 2.77. The Morgan fingerprint density at radius 3 is 2.80 bits per heavy atom. The number of nitrogens with one attached hydrogen (secondary N) is 1. The lowest BCUT2D eigenvalue weighted by molar-refractivity contribution is 0.0698. The second-order valence-electron chi connectivity index (χ2n) is 4.65. The highest BCUT2D eigenvalue weighted by Crippen LogP contribution is 2.23. The topological polar surface area (TPSA) is 93.4 Å². The number of hydrogen-bond donors (Lipinski definition) is 2. The normalized spacial score (nSPS) is 10.1. The monoisotopic (exact) mass is 295 g/mol. The fraction of sp³-hybridized carbons (Fsp3) is 0.462. The number of anilines is 1. The smallest absolute Gasteiger partial charge is 0.338 e. The van der Waals surface area contributed by atoms with Crippen molar-refractivity contribution in [2.45, 2.75) is 20.3 Å². The molecule has 0 bridgehead atoms. The number of carboxylic acid groups (broad SMARTS) is 1. The van der Waals surface area contributed by atoms with Crippen molar-refractivity contribution >= 4 is 28.3 Å². The summed E-state index contributed by atoms with van der Waals surface area (Å²) in [6.45, 7) is 4.79. The van der Waals surface area contributed by atoms with E-state index in [0.717, 1.165) is 11.3 Å². The van der Waals surface area contributed by atoms with Gasteiger partial charge in [-0.15, -0.1) is 11.3 Å². The summed E-state index contributed by atoms with van der Waals surface area (Å²) in [5, 5.41) is 22.1. The molecule has 1 aromatic rings. The van der Waals surface area contributed by atoms with Gasteiger partial charge < -0.3 is 10.0 Å². The van der Waals surface area contributed by atoms with Crippen molar-refractivity contribution in [3.63, 3.8) is 0 Å². The lowest BCUT2D eigenvalue weighted by Gasteiger charge is -2.23. The van der Waals surface area contributed by atoms with Crippen LogP contribution in [-0.2, 0) is 0 Å². The van der Waals surface area contributed by atoms with Crippen molar-refractivity contribution in [1.29, 1.82) is 5.26 Å². The largest absolute Gasteiger partial charge is 0.478 e. The van der Waals surface area contributed by atoms with Gasteiger partial charge in [0.1, 0.15) is 5.00 Å². The summed E-state index contributed by atoms with van der Waals surface area (Å²) in [6, 6.07) is 3.07. The van der Waals surface area contributed by atoms with E-state index in [1.165, 1.54) is 11.0 Å². The lowest BCUT2D eigenvalue weighted by atomic mass is 10.2. The highest BCUT2D eigenvalue weighted by Gasteiger charge is 2.18. The van der Waals surface area contributed by atoms with Crippen molar-refractivity contribution in [2.24, 2.45) is 5.92 Å². The maximum Gasteiger partial charge on any atom is 0.338 e. The number of aromatic carboxylic acids is 1. The van der Waals surface area contributed by atoms with Gasteiger partial charge in [0.25, 0.3) is 0 Å². The fourth-order valence-corrected chi connectivity index (χ4v) is 2.42. The average molecular weight is 295 g/mol. The van der Waals surface area contributed by atoms with Gasteiger partial charge in [0.05, 0.1) is 18.1 Å². The highest BCUT2D eigenvalue weighted by molar-refractivity contribution is 7.14. The zero-order valence-corrected chi connectivity index (χ0v) is 12.2. The van der Waals surface area contributed by atoms with Crippen LogP contribution in [0.15, 0.2) is 11.4 Å². The summed E-state index contributed by atoms with van der Waals surface area (Å²) in [5.41, 5.74) is 0.0770. The summed E-state index contributed by atoms with van der Waals surface area (Å²) in [6.07, 6.45) is 0.246. The molecule has 0 unspecified atom stereocenters. The molecular weight excluding hydrogens is 278 g/mol. The van der Waals surface area contributed by atoms with E-state index in [4.69, 9.17) is 10.4 Å². The third-order valence-electron chi connectivity index (χ3n) is 2.48. The Morgan fingerprint density at radius 1 is 1.55 bits per heavy atom. The van der Waals surface area contributed by atoms with Crippen LogP contribution in [0.25, 0.3) is 0 Å². The molecule has 0 fully saturated rings. The van der Waals surface area contributed by atoms with Gasteiger partial charge >= 0.3 is 12.0 Å². The summed E-state index contributed by atoms with van der Waals surface area (Å²) in [4.78, 5) is 24.7.